The number of carboxylic acids is 1. The Kier molecular flexibility index (Phi) is 8.02. The molecule has 2 N–H and O–H groups in total. The first-order valence-electron chi connectivity index (χ1n) is 12.1. The van der Waals surface area contributed by atoms with Gasteiger partial charge in [-0.25, -0.2) is 4.79 Å². The molecule has 0 aliphatic heterocycles. The lowest BCUT2D eigenvalue weighted by atomic mass is 9.98. The number of carbonyl (C=O) groups excluding carboxylic acids is 2. The zero-order valence-electron chi connectivity index (χ0n) is 19.9. The molecule has 2 aliphatic rings. The fraction of sp³-hybridized carbons (Fsp3) is 0.444. The molecule has 0 bridgehead atoms. The van der Waals surface area contributed by atoms with E-state index in [1.54, 1.807) is 0 Å². The Morgan fingerprint density at radius 2 is 1.69 bits per heavy atom. The lowest BCUT2D eigenvalue weighted by molar-refractivity contribution is -0.146. The second-order valence-electron chi connectivity index (χ2n) is 9.23. The molecule has 0 heterocycles. The van der Waals surface area contributed by atoms with Gasteiger partial charge in [0.15, 0.2) is 0 Å². The van der Waals surface area contributed by atoms with Gasteiger partial charge in [0.25, 0.3) is 0 Å². The van der Waals surface area contributed by atoms with Gasteiger partial charge in [0.05, 0.1) is 12.5 Å². The maximum absolute atomic E-state index is 13.1. The summed E-state index contributed by atoms with van der Waals surface area (Å²) in [5.74, 6) is -1.47. The minimum Gasteiger partial charge on any atom is -0.480 e. The Labute approximate surface area is 205 Å². The molecule has 186 valence electrons. The Hall–Kier alpha value is -3.39. The fourth-order valence-corrected chi connectivity index (χ4v) is 4.77. The van der Waals surface area contributed by atoms with Gasteiger partial charge in [0.1, 0.15) is 13.2 Å². The van der Waals surface area contributed by atoms with Crippen molar-refractivity contribution in [3.8, 4) is 11.1 Å². The van der Waals surface area contributed by atoms with Crippen LogP contribution in [0, 0.1) is 11.8 Å². The number of nitrogens with one attached hydrogen (secondary N) is 1. The predicted octanol–water partition coefficient (Wildman–Crippen LogP) is 3.50. The molecular weight excluding hydrogens is 448 g/mol. The van der Waals surface area contributed by atoms with Gasteiger partial charge in [0, 0.05) is 26.1 Å². The van der Waals surface area contributed by atoms with E-state index in [1.807, 2.05) is 24.3 Å². The molecule has 0 spiro atoms. The molecule has 1 unspecified atom stereocenters. The van der Waals surface area contributed by atoms with Crippen molar-refractivity contribution < 1.29 is 29.0 Å². The molecule has 1 atom stereocenters. The number of amides is 2. The van der Waals surface area contributed by atoms with E-state index in [0.717, 1.165) is 35.1 Å². The molecule has 1 saturated carbocycles. The molecule has 2 aromatic rings. The van der Waals surface area contributed by atoms with Gasteiger partial charge in [-0.15, -0.1) is 0 Å². The van der Waals surface area contributed by atoms with Gasteiger partial charge in [0.2, 0.25) is 5.91 Å². The number of carbonyl (C=O) groups is 3. The average molecular weight is 481 g/mol. The number of methoxy groups -OCH3 is 1. The van der Waals surface area contributed by atoms with Crippen molar-refractivity contribution >= 4 is 18.0 Å². The quantitative estimate of drug-likeness (QED) is 0.482. The summed E-state index contributed by atoms with van der Waals surface area (Å²) in [6.45, 7) is 0.339. The number of nitrogens with zero attached hydrogens (tertiary/aromatic N) is 1. The topological polar surface area (TPSA) is 105 Å². The highest BCUT2D eigenvalue weighted by atomic mass is 16.5. The van der Waals surface area contributed by atoms with Gasteiger partial charge in [-0.2, -0.15) is 0 Å². The van der Waals surface area contributed by atoms with Crippen LogP contribution in [0.15, 0.2) is 48.5 Å². The maximum atomic E-state index is 13.1. The van der Waals surface area contributed by atoms with Crippen LogP contribution in [0.25, 0.3) is 11.1 Å². The number of rotatable bonds is 12. The predicted molar refractivity (Wildman–Crippen MR) is 130 cm³/mol. The minimum atomic E-state index is -1.08. The molecule has 2 amide bonds. The van der Waals surface area contributed by atoms with Gasteiger partial charge >= 0.3 is 12.1 Å². The van der Waals surface area contributed by atoms with Crippen LogP contribution in [0.2, 0.25) is 0 Å². The van der Waals surface area contributed by atoms with Gasteiger partial charge in [-0.05, 0) is 34.6 Å². The summed E-state index contributed by atoms with van der Waals surface area (Å²) in [6.07, 6.45) is 2.13. The largest absolute Gasteiger partial charge is 0.480 e. The lowest BCUT2D eigenvalue weighted by Gasteiger charge is -2.26. The highest BCUT2D eigenvalue weighted by Crippen LogP contribution is 2.44. The van der Waals surface area contributed by atoms with Crippen molar-refractivity contribution in [2.75, 3.05) is 40.0 Å². The zero-order chi connectivity index (χ0) is 24.8. The van der Waals surface area contributed by atoms with Gasteiger partial charge in [-0.1, -0.05) is 61.4 Å². The summed E-state index contributed by atoms with van der Waals surface area (Å²) < 4.78 is 10.6. The van der Waals surface area contributed by atoms with E-state index in [1.165, 1.54) is 12.0 Å². The molecule has 1 fully saturated rings. The molecule has 0 radical (unpaired) electrons. The number of hydrogen-bond acceptors (Lipinski definition) is 5. The average Bonchev–Trinajstić information content (AvgIpc) is 3.63. The summed E-state index contributed by atoms with van der Waals surface area (Å²) in [6, 6.07) is 16.2. The highest BCUT2D eigenvalue weighted by Gasteiger charge is 2.33. The van der Waals surface area contributed by atoms with E-state index >= 15 is 0 Å². The monoisotopic (exact) mass is 480 g/mol. The van der Waals surface area contributed by atoms with Crippen LogP contribution in [0.1, 0.15) is 36.3 Å². The molecule has 0 aromatic heterocycles. The van der Waals surface area contributed by atoms with E-state index in [2.05, 4.69) is 29.6 Å². The van der Waals surface area contributed by atoms with E-state index < -0.39 is 24.5 Å². The number of aliphatic carboxylic acids is 1. The first kappa shape index (κ1) is 24.7. The Morgan fingerprint density at radius 3 is 2.26 bits per heavy atom. The first-order valence-corrected chi connectivity index (χ1v) is 12.1. The normalized spacial score (nSPS) is 15.1. The van der Waals surface area contributed by atoms with Crippen molar-refractivity contribution in [2.24, 2.45) is 11.8 Å². The Morgan fingerprint density at radius 1 is 1.06 bits per heavy atom. The first-order chi connectivity index (χ1) is 17.0. The molecule has 0 saturated heterocycles. The molecular formula is C27H32N2O6. The second-order valence-corrected chi connectivity index (χ2v) is 9.23. The van der Waals surface area contributed by atoms with Crippen LogP contribution in [-0.4, -0.2) is 67.9 Å². The van der Waals surface area contributed by atoms with Crippen molar-refractivity contribution in [3.63, 3.8) is 0 Å². The van der Waals surface area contributed by atoms with E-state index in [-0.39, 0.29) is 38.1 Å². The number of hydrogen-bond donors (Lipinski definition) is 2. The highest BCUT2D eigenvalue weighted by molar-refractivity contribution is 5.84. The Bertz CT molecular complexity index is 1020. The van der Waals surface area contributed by atoms with E-state index in [0.29, 0.717) is 12.3 Å². The van der Waals surface area contributed by atoms with Crippen LogP contribution in [0.3, 0.4) is 0 Å². The number of carboxylic acid groups (broad SMARTS) is 1. The van der Waals surface area contributed by atoms with Crippen molar-refractivity contribution in [2.45, 2.75) is 25.2 Å². The van der Waals surface area contributed by atoms with Crippen molar-refractivity contribution in [3.05, 3.63) is 59.7 Å². The smallest absolute Gasteiger partial charge is 0.407 e. The summed E-state index contributed by atoms with van der Waals surface area (Å²) in [4.78, 5) is 38.3. The zero-order valence-corrected chi connectivity index (χ0v) is 19.9. The third kappa shape index (κ3) is 6.19. The van der Waals surface area contributed by atoms with Crippen molar-refractivity contribution in [1.82, 2.24) is 10.2 Å². The third-order valence-corrected chi connectivity index (χ3v) is 6.70. The van der Waals surface area contributed by atoms with Crippen LogP contribution >= 0.6 is 0 Å². The second kappa shape index (κ2) is 11.4. The van der Waals surface area contributed by atoms with Crippen LogP contribution in [0.5, 0.6) is 0 Å². The standard InChI is InChI=1S/C27H32N2O6/c1-34-13-12-29(16-25(30)31)26(32)19(14-18-10-11-18)15-28-27(33)35-17-24-22-8-4-2-6-20(22)21-7-3-5-9-23(21)24/h2-9,18-19,24H,10-17H2,1H3,(H,28,33)(H,30,31). The van der Waals surface area contributed by atoms with Crippen LogP contribution in [0.4, 0.5) is 4.79 Å². The number of benzene rings is 2. The summed E-state index contributed by atoms with van der Waals surface area (Å²) >= 11 is 0. The SMILES string of the molecule is COCCN(CC(=O)O)C(=O)C(CNC(=O)OCC1c2ccccc2-c2ccccc21)CC1CC1. The lowest BCUT2D eigenvalue weighted by Crippen LogP contribution is -2.45. The maximum Gasteiger partial charge on any atom is 0.407 e. The third-order valence-electron chi connectivity index (χ3n) is 6.70. The molecule has 2 aliphatic carbocycles. The van der Waals surface area contributed by atoms with Crippen LogP contribution < -0.4 is 5.32 Å². The molecule has 8 heteroatoms. The van der Waals surface area contributed by atoms with Gasteiger partial charge < -0.3 is 24.8 Å². The summed E-state index contributed by atoms with van der Waals surface area (Å²) in [5, 5.41) is 12.0. The Balaban J connectivity index is 1.36. The number of alkyl carbamates (subject to hydrolysis) is 1. The van der Waals surface area contributed by atoms with E-state index in [9.17, 15) is 19.5 Å². The summed E-state index contributed by atoms with van der Waals surface area (Å²) in [7, 11) is 1.50. The molecule has 8 nitrogen and oxygen atoms in total. The molecule has 2 aromatic carbocycles. The number of fused-ring (bicyclic) bond motifs is 3. The minimum absolute atomic E-state index is 0.0443. The van der Waals surface area contributed by atoms with Gasteiger partial charge in [-0.3, -0.25) is 9.59 Å². The fourth-order valence-electron chi connectivity index (χ4n) is 4.77. The number of ether oxygens (including phenoxy) is 2. The van der Waals surface area contributed by atoms with Crippen LogP contribution in [-0.2, 0) is 19.1 Å². The molecule has 35 heavy (non-hydrogen) atoms. The molecule has 4 rings (SSSR count). The van der Waals surface area contributed by atoms with E-state index in [4.69, 9.17) is 9.47 Å². The van der Waals surface area contributed by atoms with Crippen molar-refractivity contribution in [1.29, 1.82) is 0 Å². The summed E-state index contributed by atoms with van der Waals surface area (Å²) in [5.41, 5.74) is 4.57.